The fraction of sp³-hybridized carbons (Fsp3) is 0.250. The van der Waals surface area contributed by atoms with Gasteiger partial charge in [0.05, 0.1) is 19.3 Å². The first-order valence-corrected chi connectivity index (χ1v) is 9.72. The maximum atomic E-state index is 12.6. The minimum atomic E-state index is -0.150. The van der Waals surface area contributed by atoms with Gasteiger partial charge in [-0.3, -0.25) is 14.3 Å². The summed E-state index contributed by atoms with van der Waals surface area (Å²) in [4.78, 5) is 21.3. The summed E-state index contributed by atoms with van der Waals surface area (Å²) in [5.74, 6) is 0.657. The predicted octanol–water partition coefficient (Wildman–Crippen LogP) is 3.54. The van der Waals surface area contributed by atoms with Crippen molar-refractivity contribution in [1.29, 1.82) is 0 Å². The van der Waals surface area contributed by atoms with Crippen LogP contribution in [-0.2, 0) is 6.54 Å². The molecule has 1 N–H and O–H groups in total. The number of amides is 1. The Kier molecular flexibility index (Phi) is 5.81. The van der Waals surface area contributed by atoms with E-state index in [1.165, 1.54) is 0 Å². The van der Waals surface area contributed by atoms with Crippen molar-refractivity contribution in [2.75, 3.05) is 13.4 Å². The van der Waals surface area contributed by atoms with E-state index in [0.29, 0.717) is 12.1 Å². The summed E-state index contributed by atoms with van der Waals surface area (Å²) in [6, 6.07) is 7.47. The van der Waals surface area contributed by atoms with Gasteiger partial charge in [0, 0.05) is 41.0 Å². The van der Waals surface area contributed by atoms with Crippen molar-refractivity contribution >= 4 is 17.7 Å². The lowest BCUT2D eigenvalue weighted by Gasteiger charge is -2.13. The fourth-order valence-electron chi connectivity index (χ4n) is 2.95. The third kappa shape index (κ3) is 3.98. The summed E-state index contributed by atoms with van der Waals surface area (Å²) in [5.41, 5.74) is 4.19. The number of ether oxygens (including phenoxy) is 1. The average molecular weight is 382 g/mol. The normalized spacial score (nSPS) is 10.7. The molecule has 0 unspecified atom stereocenters. The minimum Gasteiger partial charge on any atom is -0.496 e. The number of methoxy groups -OCH3 is 1. The Morgan fingerprint density at radius 3 is 2.85 bits per heavy atom. The summed E-state index contributed by atoms with van der Waals surface area (Å²) < 4.78 is 7.38. The number of hydrogen-bond donors (Lipinski definition) is 1. The van der Waals surface area contributed by atoms with E-state index in [1.54, 1.807) is 37.3 Å². The van der Waals surface area contributed by atoms with Crippen molar-refractivity contribution in [2.45, 2.75) is 25.5 Å². The number of aryl methyl sites for hydroxylation is 1. The number of carbonyl (C=O) groups excluding carboxylic acids is 1. The zero-order valence-electron chi connectivity index (χ0n) is 15.8. The van der Waals surface area contributed by atoms with Gasteiger partial charge in [0.1, 0.15) is 5.75 Å². The van der Waals surface area contributed by atoms with E-state index in [4.69, 9.17) is 4.74 Å². The fourth-order valence-corrected chi connectivity index (χ4v) is 3.48. The first kappa shape index (κ1) is 19.0. The van der Waals surface area contributed by atoms with E-state index in [1.807, 2.05) is 49.1 Å². The van der Waals surface area contributed by atoms with Crippen molar-refractivity contribution in [1.82, 2.24) is 19.9 Å². The number of aromatic nitrogens is 3. The SMILES string of the molecule is COc1c(C)cnc(CNC(=O)c2cccc(-n3ccnc3SC)c2)c1C. The lowest BCUT2D eigenvalue weighted by molar-refractivity contribution is 0.0950. The highest BCUT2D eigenvalue weighted by Crippen LogP contribution is 2.24. The molecule has 27 heavy (non-hydrogen) atoms. The third-order valence-electron chi connectivity index (χ3n) is 4.34. The highest BCUT2D eigenvalue weighted by atomic mass is 32.2. The van der Waals surface area contributed by atoms with Crippen LogP contribution in [0.2, 0.25) is 0 Å². The first-order chi connectivity index (χ1) is 13.0. The molecule has 0 aliphatic carbocycles. The summed E-state index contributed by atoms with van der Waals surface area (Å²) in [6.45, 7) is 4.24. The van der Waals surface area contributed by atoms with Crippen LogP contribution in [0.4, 0.5) is 0 Å². The molecular formula is C20H22N4O2S. The van der Waals surface area contributed by atoms with Crippen LogP contribution < -0.4 is 10.1 Å². The Bertz CT molecular complexity index is 968. The number of nitrogens with zero attached hydrogens (tertiary/aromatic N) is 3. The van der Waals surface area contributed by atoms with E-state index in [9.17, 15) is 4.79 Å². The van der Waals surface area contributed by atoms with Crippen molar-refractivity contribution in [3.05, 3.63) is 65.2 Å². The van der Waals surface area contributed by atoms with Crippen LogP contribution in [0.1, 0.15) is 27.2 Å². The molecule has 2 heterocycles. The van der Waals surface area contributed by atoms with Crippen LogP contribution >= 0.6 is 11.8 Å². The summed E-state index contributed by atoms with van der Waals surface area (Å²) in [5, 5.41) is 3.82. The standard InChI is InChI=1S/C20H22N4O2S/c1-13-11-22-17(14(2)18(13)26-3)12-23-19(25)15-6-5-7-16(10-15)24-9-8-21-20(24)27-4/h5-11H,12H2,1-4H3,(H,23,25). The smallest absolute Gasteiger partial charge is 0.251 e. The van der Waals surface area contributed by atoms with Gasteiger partial charge in [-0.05, 0) is 38.3 Å². The van der Waals surface area contributed by atoms with Crippen molar-refractivity contribution in [2.24, 2.45) is 0 Å². The number of benzene rings is 1. The second-order valence-corrected chi connectivity index (χ2v) is 6.84. The van der Waals surface area contributed by atoms with Gasteiger partial charge in [-0.15, -0.1) is 0 Å². The number of nitrogens with one attached hydrogen (secondary N) is 1. The molecule has 0 aliphatic heterocycles. The average Bonchev–Trinajstić information content (AvgIpc) is 3.16. The van der Waals surface area contributed by atoms with Gasteiger partial charge < -0.3 is 10.1 Å². The number of thioether (sulfide) groups is 1. The molecule has 140 valence electrons. The van der Waals surface area contributed by atoms with Crippen molar-refractivity contribution < 1.29 is 9.53 Å². The molecule has 3 aromatic rings. The van der Waals surface area contributed by atoms with Crippen LogP contribution in [0.5, 0.6) is 5.75 Å². The Labute approximate surface area is 163 Å². The highest BCUT2D eigenvalue weighted by molar-refractivity contribution is 7.98. The number of carbonyl (C=O) groups is 1. The van der Waals surface area contributed by atoms with E-state index in [0.717, 1.165) is 33.4 Å². The van der Waals surface area contributed by atoms with E-state index < -0.39 is 0 Å². The van der Waals surface area contributed by atoms with E-state index in [-0.39, 0.29) is 5.91 Å². The maximum absolute atomic E-state index is 12.6. The third-order valence-corrected chi connectivity index (χ3v) is 5.01. The second-order valence-electron chi connectivity index (χ2n) is 6.06. The number of hydrogen-bond acceptors (Lipinski definition) is 5. The Balaban J connectivity index is 1.77. The number of imidazole rings is 1. The Morgan fingerprint density at radius 1 is 1.30 bits per heavy atom. The minimum absolute atomic E-state index is 0.150. The highest BCUT2D eigenvalue weighted by Gasteiger charge is 2.12. The van der Waals surface area contributed by atoms with Crippen LogP contribution in [0.25, 0.3) is 5.69 Å². The lowest BCUT2D eigenvalue weighted by Crippen LogP contribution is -2.24. The van der Waals surface area contributed by atoms with Gasteiger partial charge in [0.2, 0.25) is 0 Å². The van der Waals surface area contributed by atoms with Gasteiger partial charge in [0.25, 0.3) is 5.91 Å². The van der Waals surface area contributed by atoms with Gasteiger partial charge in [0.15, 0.2) is 5.16 Å². The molecule has 0 saturated heterocycles. The number of pyridine rings is 1. The van der Waals surface area contributed by atoms with Crippen LogP contribution in [0.15, 0.2) is 48.0 Å². The molecule has 7 heteroatoms. The molecule has 0 spiro atoms. The summed E-state index contributed by atoms with van der Waals surface area (Å²) in [7, 11) is 1.64. The second kappa shape index (κ2) is 8.26. The maximum Gasteiger partial charge on any atom is 0.251 e. The van der Waals surface area contributed by atoms with Gasteiger partial charge in [-0.1, -0.05) is 17.8 Å². The zero-order chi connectivity index (χ0) is 19.4. The van der Waals surface area contributed by atoms with Gasteiger partial charge >= 0.3 is 0 Å². The topological polar surface area (TPSA) is 69.0 Å². The summed E-state index contributed by atoms with van der Waals surface area (Å²) >= 11 is 1.56. The van der Waals surface area contributed by atoms with Crippen molar-refractivity contribution in [3.8, 4) is 11.4 Å². The molecule has 2 aromatic heterocycles. The molecule has 1 aromatic carbocycles. The molecule has 0 atom stereocenters. The van der Waals surface area contributed by atoms with Crippen LogP contribution in [-0.4, -0.2) is 33.8 Å². The molecule has 6 nitrogen and oxygen atoms in total. The molecule has 0 aliphatic rings. The molecule has 0 fully saturated rings. The summed E-state index contributed by atoms with van der Waals surface area (Å²) in [6.07, 6.45) is 7.37. The monoisotopic (exact) mass is 382 g/mol. The number of rotatable bonds is 6. The van der Waals surface area contributed by atoms with Crippen LogP contribution in [0.3, 0.4) is 0 Å². The van der Waals surface area contributed by atoms with Crippen molar-refractivity contribution in [3.63, 3.8) is 0 Å². The lowest BCUT2D eigenvalue weighted by atomic mass is 10.1. The van der Waals surface area contributed by atoms with E-state index in [2.05, 4.69) is 15.3 Å². The quantitative estimate of drug-likeness (QED) is 0.661. The molecule has 3 rings (SSSR count). The largest absolute Gasteiger partial charge is 0.496 e. The first-order valence-electron chi connectivity index (χ1n) is 8.50. The zero-order valence-corrected chi connectivity index (χ0v) is 16.6. The van der Waals surface area contributed by atoms with Gasteiger partial charge in [-0.25, -0.2) is 4.98 Å². The molecule has 0 saturated carbocycles. The Hall–Kier alpha value is -2.80. The molecule has 0 radical (unpaired) electrons. The molecular weight excluding hydrogens is 360 g/mol. The van der Waals surface area contributed by atoms with Crippen LogP contribution in [0, 0.1) is 13.8 Å². The Morgan fingerprint density at radius 2 is 2.11 bits per heavy atom. The van der Waals surface area contributed by atoms with Gasteiger partial charge in [-0.2, -0.15) is 0 Å². The van der Waals surface area contributed by atoms with E-state index >= 15 is 0 Å². The predicted molar refractivity (Wildman–Crippen MR) is 107 cm³/mol. The molecule has 0 bridgehead atoms. The molecule has 1 amide bonds.